The third kappa shape index (κ3) is 2.75. The molecule has 92 valence electrons. The van der Waals surface area contributed by atoms with Gasteiger partial charge in [0.1, 0.15) is 5.69 Å². The van der Waals surface area contributed by atoms with Crippen molar-refractivity contribution in [3.63, 3.8) is 0 Å². The molecule has 2 aromatic rings. The minimum Gasteiger partial charge on any atom is -0.321 e. The van der Waals surface area contributed by atoms with Gasteiger partial charge in [-0.05, 0) is 36.8 Å². The average molecular weight is 264 g/mol. The fourth-order valence-electron chi connectivity index (χ4n) is 1.39. The Balaban J connectivity index is 2.18. The van der Waals surface area contributed by atoms with Crippen LogP contribution in [-0.4, -0.2) is 16.1 Å². The molecule has 0 fully saturated rings. The van der Waals surface area contributed by atoms with Crippen LogP contribution in [0.3, 0.4) is 0 Å². The van der Waals surface area contributed by atoms with Gasteiger partial charge in [0.05, 0.1) is 0 Å². The molecule has 2 rings (SSSR count). The highest BCUT2D eigenvalue weighted by Crippen LogP contribution is 2.19. The fraction of sp³-hybridized carbons (Fsp3) is 0.0833. The van der Waals surface area contributed by atoms with Crippen molar-refractivity contribution < 1.29 is 4.79 Å². The summed E-state index contributed by atoms with van der Waals surface area (Å²) in [6.07, 6.45) is 0. The van der Waals surface area contributed by atoms with E-state index in [1.54, 1.807) is 18.2 Å². The molecule has 18 heavy (non-hydrogen) atoms. The Bertz CT molecular complexity index is 632. The number of aromatic nitrogens is 2. The van der Waals surface area contributed by atoms with Crippen molar-refractivity contribution in [3.05, 3.63) is 57.0 Å². The van der Waals surface area contributed by atoms with Crippen LogP contribution in [-0.2, 0) is 0 Å². The van der Waals surface area contributed by atoms with E-state index in [2.05, 4.69) is 15.5 Å². The van der Waals surface area contributed by atoms with E-state index in [1.807, 2.05) is 6.92 Å². The van der Waals surface area contributed by atoms with Crippen LogP contribution in [0.2, 0.25) is 5.02 Å². The molecular formula is C12H10ClN3O2. The van der Waals surface area contributed by atoms with Crippen molar-refractivity contribution in [1.29, 1.82) is 0 Å². The van der Waals surface area contributed by atoms with Gasteiger partial charge in [0, 0.05) is 16.8 Å². The van der Waals surface area contributed by atoms with E-state index in [-0.39, 0.29) is 11.3 Å². The third-order valence-electron chi connectivity index (χ3n) is 2.33. The van der Waals surface area contributed by atoms with Gasteiger partial charge in [0.25, 0.3) is 11.5 Å². The molecule has 5 nitrogen and oxygen atoms in total. The normalized spacial score (nSPS) is 10.1. The van der Waals surface area contributed by atoms with E-state index in [4.69, 9.17) is 11.6 Å². The number of carbonyl (C=O) groups is 1. The van der Waals surface area contributed by atoms with Crippen LogP contribution in [0.5, 0.6) is 0 Å². The summed E-state index contributed by atoms with van der Waals surface area (Å²) in [5, 5.41) is 9.14. The number of carbonyl (C=O) groups excluding carboxylic acids is 1. The van der Waals surface area contributed by atoms with Crippen LogP contribution in [0, 0.1) is 6.92 Å². The smallest absolute Gasteiger partial charge is 0.276 e. The quantitative estimate of drug-likeness (QED) is 0.870. The molecular weight excluding hydrogens is 254 g/mol. The molecule has 0 unspecified atom stereocenters. The molecule has 1 heterocycles. The summed E-state index contributed by atoms with van der Waals surface area (Å²) in [4.78, 5) is 22.6. The van der Waals surface area contributed by atoms with Crippen LogP contribution in [0.25, 0.3) is 0 Å². The average Bonchev–Trinajstić information content (AvgIpc) is 2.34. The summed E-state index contributed by atoms with van der Waals surface area (Å²) in [7, 11) is 0. The number of hydrogen-bond acceptors (Lipinski definition) is 3. The molecule has 6 heteroatoms. The van der Waals surface area contributed by atoms with Crippen LogP contribution in [0.1, 0.15) is 16.1 Å². The number of nitrogens with one attached hydrogen (secondary N) is 2. The lowest BCUT2D eigenvalue weighted by Crippen LogP contribution is -2.17. The number of rotatable bonds is 2. The van der Waals surface area contributed by atoms with Crippen LogP contribution in [0.15, 0.2) is 35.1 Å². The Labute approximate surface area is 108 Å². The summed E-state index contributed by atoms with van der Waals surface area (Å²) in [5.74, 6) is -0.395. The Morgan fingerprint density at radius 1 is 1.33 bits per heavy atom. The predicted octanol–water partition coefficient (Wildman–Crippen LogP) is 1.98. The lowest BCUT2D eigenvalue weighted by Gasteiger charge is -2.06. The van der Waals surface area contributed by atoms with E-state index < -0.39 is 5.91 Å². The van der Waals surface area contributed by atoms with Gasteiger partial charge >= 0.3 is 0 Å². The second-order valence-electron chi connectivity index (χ2n) is 3.72. The first-order valence-electron chi connectivity index (χ1n) is 5.19. The zero-order valence-electron chi connectivity index (χ0n) is 9.53. The summed E-state index contributed by atoms with van der Waals surface area (Å²) >= 11 is 5.89. The molecule has 1 aromatic carbocycles. The monoisotopic (exact) mass is 263 g/mol. The highest BCUT2D eigenvalue weighted by molar-refractivity contribution is 6.31. The molecule has 0 aliphatic rings. The molecule has 0 spiro atoms. The Morgan fingerprint density at radius 3 is 2.72 bits per heavy atom. The number of halogens is 1. The van der Waals surface area contributed by atoms with Crippen molar-refractivity contribution in [3.8, 4) is 0 Å². The number of anilines is 1. The van der Waals surface area contributed by atoms with E-state index in [1.165, 1.54) is 12.1 Å². The molecule has 1 amide bonds. The first-order chi connectivity index (χ1) is 8.56. The standard InChI is InChI=1S/C12H10ClN3O2/c1-7-6-8(2-3-9(7)13)14-12(18)10-4-5-11(17)16-15-10/h2-6H,1H3,(H,14,18)(H,16,17). The molecule has 0 radical (unpaired) electrons. The van der Waals surface area contributed by atoms with E-state index in [9.17, 15) is 9.59 Å². The summed E-state index contributed by atoms with van der Waals surface area (Å²) < 4.78 is 0. The minimum atomic E-state index is -0.395. The highest BCUT2D eigenvalue weighted by atomic mass is 35.5. The molecule has 0 aliphatic heterocycles. The second kappa shape index (κ2) is 5.01. The van der Waals surface area contributed by atoms with Gasteiger partial charge in [0.2, 0.25) is 0 Å². The molecule has 0 bridgehead atoms. The molecule has 1 aromatic heterocycles. The number of aromatic amines is 1. The third-order valence-corrected chi connectivity index (χ3v) is 2.75. The topological polar surface area (TPSA) is 74.8 Å². The van der Waals surface area contributed by atoms with Crippen LogP contribution >= 0.6 is 11.6 Å². The lowest BCUT2D eigenvalue weighted by atomic mass is 10.2. The number of nitrogens with zero attached hydrogens (tertiary/aromatic N) is 1. The van der Waals surface area contributed by atoms with Crippen molar-refractivity contribution in [2.75, 3.05) is 5.32 Å². The Morgan fingerprint density at radius 2 is 2.11 bits per heavy atom. The van der Waals surface area contributed by atoms with Gasteiger partial charge in [-0.15, -0.1) is 0 Å². The number of amides is 1. The SMILES string of the molecule is Cc1cc(NC(=O)c2ccc(=O)[nH]n2)ccc1Cl. The van der Waals surface area contributed by atoms with Crippen molar-refractivity contribution in [2.45, 2.75) is 6.92 Å². The van der Waals surface area contributed by atoms with Gasteiger partial charge < -0.3 is 5.32 Å². The van der Waals surface area contributed by atoms with Gasteiger partial charge in [-0.2, -0.15) is 5.10 Å². The first-order valence-corrected chi connectivity index (χ1v) is 5.57. The number of aryl methyl sites for hydroxylation is 1. The van der Waals surface area contributed by atoms with Gasteiger partial charge in [0.15, 0.2) is 0 Å². The summed E-state index contributed by atoms with van der Waals surface area (Å²) in [5.41, 5.74) is 1.27. The lowest BCUT2D eigenvalue weighted by molar-refractivity contribution is 0.102. The van der Waals surface area contributed by atoms with Gasteiger partial charge in [-0.1, -0.05) is 11.6 Å². The van der Waals surface area contributed by atoms with Crippen LogP contribution < -0.4 is 10.9 Å². The van der Waals surface area contributed by atoms with Crippen LogP contribution in [0.4, 0.5) is 5.69 Å². The fourth-order valence-corrected chi connectivity index (χ4v) is 1.51. The van der Waals surface area contributed by atoms with E-state index in [0.29, 0.717) is 10.7 Å². The highest BCUT2D eigenvalue weighted by Gasteiger charge is 2.08. The first kappa shape index (κ1) is 12.3. The number of H-pyrrole nitrogens is 1. The molecule has 2 N–H and O–H groups in total. The summed E-state index contributed by atoms with van der Waals surface area (Å²) in [6.45, 7) is 1.84. The largest absolute Gasteiger partial charge is 0.321 e. The maximum atomic E-state index is 11.8. The zero-order valence-corrected chi connectivity index (χ0v) is 10.3. The Kier molecular flexibility index (Phi) is 3.43. The molecule has 0 saturated heterocycles. The molecule has 0 aliphatic carbocycles. The molecule has 0 saturated carbocycles. The maximum Gasteiger partial charge on any atom is 0.276 e. The van der Waals surface area contributed by atoms with Gasteiger partial charge in [-0.3, -0.25) is 9.59 Å². The number of benzene rings is 1. The van der Waals surface area contributed by atoms with Crippen molar-refractivity contribution in [1.82, 2.24) is 10.2 Å². The number of hydrogen-bond donors (Lipinski definition) is 2. The molecule has 0 atom stereocenters. The van der Waals surface area contributed by atoms with Gasteiger partial charge in [-0.25, -0.2) is 5.10 Å². The van der Waals surface area contributed by atoms with Crippen molar-refractivity contribution >= 4 is 23.2 Å². The van der Waals surface area contributed by atoms with Crippen molar-refractivity contribution in [2.24, 2.45) is 0 Å². The van der Waals surface area contributed by atoms with E-state index in [0.717, 1.165) is 5.56 Å². The second-order valence-corrected chi connectivity index (χ2v) is 4.13. The summed E-state index contributed by atoms with van der Waals surface area (Å²) in [6, 6.07) is 7.75. The maximum absolute atomic E-state index is 11.8. The Hall–Kier alpha value is -2.14. The zero-order chi connectivity index (χ0) is 13.1. The minimum absolute atomic E-state index is 0.141. The predicted molar refractivity (Wildman–Crippen MR) is 69.0 cm³/mol. The van der Waals surface area contributed by atoms with E-state index >= 15 is 0 Å².